The van der Waals surface area contributed by atoms with Crippen molar-refractivity contribution >= 4 is 18.2 Å². The van der Waals surface area contributed by atoms with E-state index in [4.69, 9.17) is 12.2 Å². The molecule has 0 spiro atoms. The van der Waals surface area contributed by atoms with E-state index in [9.17, 15) is 0 Å². The van der Waals surface area contributed by atoms with Crippen LogP contribution in [0.1, 0.15) is 47.1 Å². The summed E-state index contributed by atoms with van der Waals surface area (Å²) in [5, 5.41) is 7.24. The number of aromatic nitrogens is 3. The van der Waals surface area contributed by atoms with Crippen molar-refractivity contribution in [2.24, 2.45) is 0 Å². The summed E-state index contributed by atoms with van der Waals surface area (Å²) in [6, 6.07) is 0.766. The molecule has 0 saturated carbocycles. The van der Waals surface area contributed by atoms with E-state index in [0.29, 0.717) is 16.9 Å². The third-order valence-corrected chi connectivity index (χ3v) is 2.83. The van der Waals surface area contributed by atoms with Crippen molar-refractivity contribution in [1.29, 1.82) is 0 Å². The molecule has 0 aromatic carbocycles. The highest BCUT2D eigenvalue weighted by Crippen LogP contribution is 2.19. The highest BCUT2D eigenvalue weighted by Gasteiger charge is 2.18. The molecule has 0 radical (unpaired) electrons. The summed E-state index contributed by atoms with van der Waals surface area (Å²) in [5.74, 6) is 0.955. The molecule has 0 aliphatic carbocycles. The number of aromatic amines is 1. The van der Waals surface area contributed by atoms with Crippen molar-refractivity contribution < 1.29 is 0 Å². The van der Waals surface area contributed by atoms with Crippen LogP contribution in [0, 0.1) is 4.77 Å². The van der Waals surface area contributed by atoms with Gasteiger partial charge in [0.25, 0.3) is 0 Å². The molecule has 16 heavy (non-hydrogen) atoms. The summed E-state index contributed by atoms with van der Waals surface area (Å²) < 4.78 is 2.78. The number of anilines is 1. The second-order valence-corrected chi connectivity index (χ2v) is 4.97. The zero-order valence-electron chi connectivity index (χ0n) is 10.8. The van der Waals surface area contributed by atoms with E-state index in [2.05, 4.69) is 54.3 Å². The number of nitrogens with one attached hydrogen (secondary N) is 1. The van der Waals surface area contributed by atoms with Gasteiger partial charge < -0.3 is 4.90 Å². The average molecular weight is 242 g/mol. The Morgan fingerprint density at radius 3 is 2.44 bits per heavy atom. The van der Waals surface area contributed by atoms with E-state index in [1.807, 2.05) is 0 Å². The number of hydrogen-bond acceptors (Lipinski definition) is 3. The molecule has 0 atom stereocenters. The predicted molar refractivity (Wildman–Crippen MR) is 70.6 cm³/mol. The molecular formula is C11H22N4S. The highest BCUT2D eigenvalue weighted by molar-refractivity contribution is 7.71. The van der Waals surface area contributed by atoms with Crippen molar-refractivity contribution in [3.63, 3.8) is 0 Å². The van der Waals surface area contributed by atoms with E-state index >= 15 is 0 Å². The second-order valence-electron chi connectivity index (χ2n) is 4.58. The van der Waals surface area contributed by atoms with Crippen molar-refractivity contribution in [2.75, 3.05) is 11.4 Å². The van der Waals surface area contributed by atoms with E-state index in [-0.39, 0.29) is 0 Å². The third-order valence-electron chi connectivity index (χ3n) is 2.55. The molecule has 1 aromatic heterocycles. The molecule has 0 unspecified atom stereocenters. The Balaban J connectivity index is 3.14. The van der Waals surface area contributed by atoms with Gasteiger partial charge in [0.1, 0.15) is 0 Å². The van der Waals surface area contributed by atoms with Crippen LogP contribution in [0.2, 0.25) is 0 Å². The molecule has 0 fully saturated rings. The highest BCUT2D eigenvalue weighted by atomic mass is 32.1. The molecule has 0 aliphatic heterocycles. The quantitative estimate of drug-likeness (QED) is 0.806. The van der Waals surface area contributed by atoms with Crippen molar-refractivity contribution in [2.45, 2.75) is 53.1 Å². The SMILES string of the molecule is CCCN(c1n[nH]c(=S)n1C(C)C)C(C)C. The van der Waals surface area contributed by atoms with Crippen LogP contribution in [-0.2, 0) is 0 Å². The standard InChI is InChI=1S/C11H22N4S/c1-6-7-14(8(2)3)10-12-13-11(16)15(10)9(4)5/h8-9H,6-7H2,1-5H3,(H,13,16). The van der Waals surface area contributed by atoms with Gasteiger partial charge in [-0.25, -0.2) is 5.10 Å². The minimum Gasteiger partial charge on any atom is -0.339 e. The Labute approximate surface area is 103 Å². The van der Waals surface area contributed by atoms with Crippen LogP contribution in [-0.4, -0.2) is 27.4 Å². The monoisotopic (exact) mass is 242 g/mol. The molecule has 0 aliphatic rings. The minimum atomic E-state index is 0.333. The van der Waals surface area contributed by atoms with Crippen LogP contribution in [0.4, 0.5) is 5.95 Å². The topological polar surface area (TPSA) is 36.9 Å². The Kier molecular flexibility index (Phi) is 4.53. The van der Waals surface area contributed by atoms with Crippen LogP contribution in [0.3, 0.4) is 0 Å². The lowest BCUT2D eigenvalue weighted by atomic mass is 10.3. The summed E-state index contributed by atoms with van der Waals surface area (Å²) in [5.41, 5.74) is 0. The lowest BCUT2D eigenvalue weighted by molar-refractivity contribution is 0.557. The fraction of sp³-hybridized carbons (Fsp3) is 0.818. The van der Waals surface area contributed by atoms with Crippen LogP contribution in [0.5, 0.6) is 0 Å². The molecule has 92 valence electrons. The van der Waals surface area contributed by atoms with Gasteiger partial charge in [0.15, 0.2) is 4.77 Å². The van der Waals surface area contributed by atoms with Gasteiger partial charge in [-0.1, -0.05) is 6.92 Å². The summed E-state index contributed by atoms with van der Waals surface area (Å²) in [6.07, 6.45) is 1.11. The maximum absolute atomic E-state index is 5.26. The Morgan fingerprint density at radius 2 is 2.00 bits per heavy atom. The number of rotatable bonds is 5. The predicted octanol–water partition coefficient (Wildman–Crippen LogP) is 3.15. The molecule has 1 N–H and O–H groups in total. The smallest absolute Gasteiger partial charge is 0.226 e. The first-order chi connectivity index (χ1) is 7.49. The first-order valence-corrected chi connectivity index (χ1v) is 6.33. The lowest BCUT2D eigenvalue weighted by Gasteiger charge is -2.28. The molecule has 1 aromatic rings. The van der Waals surface area contributed by atoms with Gasteiger partial charge in [0.05, 0.1) is 0 Å². The first kappa shape index (κ1) is 13.2. The summed E-state index contributed by atoms with van der Waals surface area (Å²) >= 11 is 5.26. The number of nitrogens with zero attached hydrogens (tertiary/aromatic N) is 3. The second kappa shape index (κ2) is 5.48. The molecule has 1 heterocycles. The van der Waals surface area contributed by atoms with Gasteiger partial charge in [0.2, 0.25) is 5.95 Å². The number of H-pyrrole nitrogens is 1. The van der Waals surface area contributed by atoms with Crippen LogP contribution in [0.15, 0.2) is 0 Å². The normalized spacial score (nSPS) is 11.4. The van der Waals surface area contributed by atoms with Crippen molar-refractivity contribution in [3.05, 3.63) is 4.77 Å². The van der Waals surface area contributed by atoms with Crippen molar-refractivity contribution in [3.8, 4) is 0 Å². The summed E-state index contributed by atoms with van der Waals surface area (Å²) in [7, 11) is 0. The van der Waals surface area contributed by atoms with E-state index in [0.717, 1.165) is 18.9 Å². The zero-order valence-corrected chi connectivity index (χ0v) is 11.6. The number of hydrogen-bond donors (Lipinski definition) is 1. The third kappa shape index (κ3) is 2.64. The maximum atomic E-state index is 5.26. The Bertz CT molecular complexity index is 378. The van der Waals surface area contributed by atoms with Crippen molar-refractivity contribution in [1.82, 2.24) is 14.8 Å². The summed E-state index contributed by atoms with van der Waals surface area (Å²) in [4.78, 5) is 2.28. The van der Waals surface area contributed by atoms with Gasteiger partial charge >= 0.3 is 0 Å². The lowest BCUT2D eigenvalue weighted by Crippen LogP contribution is -2.34. The molecule has 0 saturated heterocycles. The average Bonchev–Trinajstić information content (AvgIpc) is 2.55. The minimum absolute atomic E-state index is 0.333. The van der Waals surface area contributed by atoms with Crippen LogP contribution in [0.25, 0.3) is 0 Å². The molecule has 0 amide bonds. The van der Waals surface area contributed by atoms with Gasteiger partial charge in [-0.2, -0.15) is 0 Å². The Morgan fingerprint density at radius 1 is 1.38 bits per heavy atom. The maximum Gasteiger partial charge on any atom is 0.226 e. The zero-order chi connectivity index (χ0) is 12.3. The van der Waals surface area contributed by atoms with Gasteiger partial charge in [-0.3, -0.25) is 4.57 Å². The van der Waals surface area contributed by atoms with Gasteiger partial charge in [-0.15, -0.1) is 5.10 Å². The van der Waals surface area contributed by atoms with Gasteiger partial charge in [-0.05, 0) is 46.3 Å². The fourth-order valence-electron chi connectivity index (χ4n) is 1.79. The largest absolute Gasteiger partial charge is 0.339 e. The fourth-order valence-corrected chi connectivity index (χ4v) is 2.13. The van der Waals surface area contributed by atoms with E-state index in [1.54, 1.807) is 0 Å². The van der Waals surface area contributed by atoms with Crippen LogP contribution < -0.4 is 4.90 Å². The molecule has 1 rings (SSSR count). The molecule has 5 heteroatoms. The molecule has 4 nitrogen and oxygen atoms in total. The van der Waals surface area contributed by atoms with E-state index in [1.165, 1.54) is 0 Å². The van der Waals surface area contributed by atoms with E-state index < -0.39 is 0 Å². The molecular weight excluding hydrogens is 220 g/mol. The summed E-state index contributed by atoms with van der Waals surface area (Å²) in [6.45, 7) is 11.8. The first-order valence-electron chi connectivity index (χ1n) is 5.92. The Hall–Kier alpha value is -0.840. The van der Waals surface area contributed by atoms with Crippen LogP contribution >= 0.6 is 12.2 Å². The van der Waals surface area contributed by atoms with Gasteiger partial charge in [0, 0.05) is 18.6 Å². The molecule has 0 bridgehead atoms.